The van der Waals surface area contributed by atoms with E-state index in [4.69, 9.17) is 4.98 Å². The number of hydrogen-bond acceptors (Lipinski definition) is 5. The van der Waals surface area contributed by atoms with Crippen molar-refractivity contribution in [1.82, 2.24) is 9.97 Å². The minimum atomic E-state index is 0.0194. The number of fused-ring (bicyclic) bond motifs is 1. The van der Waals surface area contributed by atoms with E-state index in [1.807, 2.05) is 36.6 Å². The maximum Gasteiger partial charge on any atom is 0.233 e. The van der Waals surface area contributed by atoms with Crippen LogP contribution in [0.3, 0.4) is 0 Å². The lowest BCUT2D eigenvalue weighted by atomic mass is 10.1. The van der Waals surface area contributed by atoms with E-state index in [1.54, 1.807) is 34.2 Å². The molecule has 2 heterocycles. The fourth-order valence-electron chi connectivity index (χ4n) is 3.41. The molecule has 0 fully saturated rings. The summed E-state index contributed by atoms with van der Waals surface area (Å²) in [4.78, 5) is 25.6. The van der Waals surface area contributed by atoms with Crippen LogP contribution in [0.4, 0.5) is 5.13 Å². The topological polar surface area (TPSA) is 46.1 Å². The molecule has 152 valence electrons. The lowest BCUT2D eigenvalue weighted by Gasteiger charge is -2.19. The van der Waals surface area contributed by atoms with Gasteiger partial charge in [-0.2, -0.15) is 0 Å². The lowest BCUT2D eigenvalue weighted by Crippen LogP contribution is -2.32. The van der Waals surface area contributed by atoms with Crippen molar-refractivity contribution in [2.75, 3.05) is 11.2 Å². The van der Waals surface area contributed by atoms with Crippen molar-refractivity contribution in [2.24, 2.45) is 0 Å². The first-order valence-electron chi connectivity index (χ1n) is 9.74. The molecule has 0 aliphatic rings. The van der Waals surface area contributed by atoms with Gasteiger partial charge in [0.05, 0.1) is 28.9 Å². The number of carbonyl (C=O) groups is 1. The predicted molar refractivity (Wildman–Crippen MR) is 126 cm³/mol. The van der Waals surface area contributed by atoms with E-state index in [-0.39, 0.29) is 5.91 Å². The van der Waals surface area contributed by atoms with Gasteiger partial charge in [0.25, 0.3) is 0 Å². The average molecular weight is 434 g/mol. The lowest BCUT2D eigenvalue weighted by molar-refractivity contribution is -0.118. The molecule has 30 heavy (non-hydrogen) atoms. The standard InChI is InChI=1S/C24H23N3OS2/c1-16-12-17(2)23-21(13-16)26-24(30-23)27(15-19-6-4-5-11-25-19)22(28)14-18-7-9-20(29-3)10-8-18/h4-13H,14-15H2,1-3H3. The number of nitrogens with zero attached hydrogens (tertiary/aromatic N) is 3. The summed E-state index contributed by atoms with van der Waals surface area (Å²) in [7, 11) is 0. The first kappa shape index (κ1) is 20.6. The third kappa shape index (κ3) is 4.55. The van der Waals surface area contributed by atoms with Crippen molar-refractivity contribution in [3.63, 3.8) is 0 Å². The number of rotatable bonds is 6. The first-order chi connectivity index (χ1) is 14.5. The van der Waals surface area contributed by atoms with Crippen LogP contribution in [0.5, 0.6) is 0 Å². The number of carbonyl (C=O) groups excluding carboxylic acids is 1. The molecular weight excluding hydrogens is 410 g/mol. The van der Waals surface area contributed by atoms with Gasteiger partial charge in [0, 0.05) is 11.1 Å². The predicted octanol–water partition coefficient (Wildman–Crippen LogP) is 5.81. The van der Waals surface area contributed by atoms with Crippen molar-refractivity contribution in [3.05, 3.63) is 83.2 Å². The molecule has 0 radical (unpaired) electrons. The fraction of sp³-hybridized carbons (Fsp3) is 0.208. The van der Waals surface area contributed by atoms with Crippen molar-refractivity contribution in [3.8, 4) is 0 Å². The summed E-state index contributed by atoms with van der Waals surface area (Å²) >= 11 is 3.26. The summed E-state index contributed by atoms with van der Waals surface area (Å²) in [5.41, 5.74) is 5.14. The van der Waals surface area contributed by atoms with Crippen LogP contribution in [0, 0.1) is 13.8 Å². The van der Waals surface area contributed by atoms with E-state index >= 15 is 0 Å². The SMILES string of the molecule is CSc1ccc(CC(=O)N(Cc2ccccn2)c2nc3cc(C)cc(C)c3s2)cc1. The third-order valence-electron chi connectivity index (χ3n) is 4.90. The van der Waals surface area contributed by atoms with Gasteiger partial charge in [0.2, 0.25) is 5.91 Å². The van der Waals surface area contributed by atoms with E-state index in [0.717, 1.165) is 26.6 Å². The zero-order valence-electron chi connectivity index (χ0n) is 17.3. The Morgan fingerprint density at radius 2 is 1.90 bits per heavy atom. The molecular formula is C24H23N3OS2. The molecule has 4 aromatic rings. The average Bonchev–Trinajstić information content (AvgIpc) is 3.17. The Labute approximate surface area is 185 Å². The van der Waals surface area contributed by atoms with Gasteiger partial charge in [-0.3, -0.25) is 14.7 Å². The molecule has 0 bridgehead atoms. The Morgan fingerprint density at radius 3 is 2.60 bits per heavy atom. The van der Waals surface area contributed by atoms with Gasteiger partial charge in [0.1, 0.15) is 0 Å². The minimum absolute atomic E-state index is 0.0194. The summed E-state index contributed by atoms with van der Waals surface area (Å²) in [5, 5.41) is 0.718. The molecule has 0 N–H and O–H groups in total. The van der Waals surface area contributed by atoms with Crippen LogP contribution in [-0.4, -0.2) is 22.1 Å². The van der Waals surface area contributed by atoms with Gasteiger partial charge in [-0.05, 0) is 67.1 Å². The first-order valence-corrected chi connectivity index (χ1v) is 11.8. The van der Waals surface area contributed by atoms with Crippen LogP contribution >= 0.6 is 23.1 Å². The van der Waals surface area contributed by atoms with Crippen molar-refractivity contribution in [2.45, 2.75) is 31.7 Å². The maximum atomic E-state index is 13.4. The number of amides is 1. The smallest absolute Gasteiger partial charge is 0.233 e. The highest BCUT2D eigenvalue weighted by atomic mass is 32.2. The van der Waals surface area contributed by atoms with Crippen molar-refractivity contribution in [1.29, 1.82) is 0 Å². The van der Waals surface area contributed by atoms with Crippen molar-refractivity contribution < 1.29 is 4.79 Å². The van der Waals surface area contributed by atoms with Gasteiger partial charge in [-0.15, -0.1) is 11.8 Å². The molecule has 0 saturated heterocycles. The quantitative estimate of drug-likeness (QED) is 0.360. The molecule has 2 aromatic carbocycles. The Hall–Kier alpha value is -2.70. The monoisotopic (exact) mass is 433 g/mol. The summed E-state index contributed by atoms with van der Waals surface area (Å²) in [5.74, 6) is 0.0194. The number of anilines is 1. The number of aryl methyl sites for hydroxylation is 2. The Balaban J connectivity index is 1.68. The van der Waals surface area contributed by atoms with E-state index in [2.05, 4.69) is 43.1 Å². The highest BCUT2D eigenvalue weighted by molar-refractivity contribution is 7.98. The molecule has 0 atom stereocenters. The van der Waals surface area contributed by atoms with E-state index in [9.17, 15) is 4.79 Å². The van der Waals surface area contributed by atoms with Gasteiger partial charge < -0.3 is 0 Å². The summed E-state index contributed by atoms with van der Waals surface area (Å²) < 4.78 is 1.12. The largest absolute Gasteiger partial charge is 0.282 e. The molecule has 0 aliphatic carbocycles. The van der Waals surface area contributed by atoms with E-state index in [0.29, 0.717) is 13.0 Å². The second-order valence-corrected chi connectivity index (χ2v) is 9.11. The molecule has 0 aliphatic heterocycles. The highest BCUT2D eigenvalue weighted by Crippen LogP contribution is 2.33. The number of benzene rings is 2. The number of thioether (sulfide) groups is 1. The molecule has 0 spiro atoms. The van der Waals surface area contributed by atoms with Gasteiger partial charge in [-0.1, -0.05) is 35.6 Å². The van der Waals surface area contributed by atoms with Crippen LogP contribution in [0.15, 0.2) is 65.7 Å². The normalized spacial score (nSPS) is 11.0. The van der Waals surface area contributed by atoms with Gasteiger partial charge >= 0.3 is 0 Å². The number of thiazole rings is 1. The Bertz CT molecular complexity index is 1170. The van der Waals surface area contributed by atoms with Crippen LogP contribution in [0.1, 0.15) is 22.4 Å². The molecule has 2 aromatic heterocycles. The van der Waals surface area contributed by atoms with Gasteiger partial charge in [-0.25, -0.2) is 4.98 Å². The molecule has 0 saturated carbocycles. The van der Waals surface area contributed by atoms with E-state index < -0.39 is 0 Å². The summed E-state index contributed by atoms with van der Waals surface area (Å²) in [6.45, 7) is 4.57. The van der Waals surface area contributed by atoms with Crippen molar-refractivity contribution >= 4 is 44.4 Å². The number of pyridine rings is 1. The maximum absolute atomic E-state index is 13.4. The Kier molecular flexibility index (Phi) is 6.16. The zero-order valence-corrected chi connectivity index (χ0v) is 18.9. The zero-order chi connectivity index (χ0) is 21.1. The molecule has 6 heteroatoms. The van der Waals surface area contributed by atoms with Gasteiger partial charge in [0.15, 0.2) is 5.13 Å². The molecule has 4 nitrogen and oxygen atoms in total. The molecule has 1 amide bonds. The fourth-order valence-corrected chi connectivity index (χ4v) is 4.85. The summed E-state index contributed by atoms with van der Waals surface area (Å²) in [6.07, 6.45) is 4.13. The Morgan fingerprint density at radius 1 is 1.10 bits per heavy atom. The van der Waals surface area contributed by atoms with Crippen LogP contribution in [-0.2, 0) is 17.8 Å². The molecule has 4 rings (SSSR count). The second kappa shape index (κ2) is 8.98. The number of hydrogen-bond donors (Lipinski definition) is 0. The van der Waals surface area contributed by atoms with Crippen LogP contribution in [0.25, 0.3) is 10.2 Å². The molecule has 0 unspecified atom stereocenters. The van der Waals surface area contributed by atoms with Crippen LogP contribution < -0.4 is 4.90 Å². The number of aromatic nitrogens is 2. The summed E-state index contributed by atoms with van der Waals surface area (Å²) in [6, 6.07) is 18.2. The minimum Gasteiger partial charge on any atom is -0.282 e. The van der Waals surface area contributed by atoms with Crippen LogP contribution in [0.2, 0.25) is 0 Å². The third-order valence-corrected chi connectivity index (χ3v) is 6.87. The van der Waals surface area contributed by atoms with E-state index in [1.165, 1.54) is 16.0 Å². The highest BCUT2D eigenvalue weighted by Gasteiger charge is 2.21. The second-order valence-electron chi connectivity index (χ2n) is 7.25.